The lowest BCUT2D eigenvalue weighted by molar-refractivity contribution is 0.109. The summed E-state index contributed by atoms with van der Waals surface area (Å²) < 4.78 is 33.1. The van der Waals surface area contributed by atoms with E-state index in [9.17, 15) is 0 Å². The number of hydrogen-bond donors (Lipinski definition) is 1. The van der Waals surface area contributed by atoms with Crippen LogP contribution >= 0.6 is 0 Å². The number of halogens is 1. The Bertz CT molecular complexity index is 1500. The van der Waals surface area contributed by atoms with E-state index in [-0.39, 0.29) is 19.0 Å². The van der Waals surface area contributed by atoms with Crippen molar-refractivity contribution < 1.29 is 18.6 Å². The van der Waals surface area contributed by atoms with Crippen molar-refractivity contribution >= 4 is 11.4 Å². The van der Waals surface area contributed by atoms with Gasteiger partial charge in [-0.25, -0.2) is 4.39 Å². The average Bonchev–Trinajstić information content (AvgIpc) is 2.90. The molecule has 2 aromatic carbocycles. The molecule has 0 saturated carbocycles. The number of ether oxygens (including phenoxy) is 3. The van der Waals surface area contributed by atoms with Crippen LogP contribution in [0, 0.1) is 17.7 Å². The maximum atomic E-state index is 15.6. The molecule has 1 spiro atoms. The van der Waals surface area contributed by atoms with Crippen molar-refractivity contribution in [1.82, 2.24) is 4.98 Å². The van der Waals surface area contributed by atoms with Crippen LogP contribution < -0.4 is 10.5 Å². The van der Waals surface area contributed by atoms with Gasteiger partial charge in [-0.1, -0.05) is 18.1 Å². The molecule has 6 rings (SSSR count). The number of aliphatic imine (C=N–C) groups is 1. The lowest BCUT2D eigenvalue weighted by Crippen LogP contribution is -2.42. The van der Waals surface area contributed by atoms with Crippen molar-refractivity contribution in [2.45, 2.75) is 18.9 Å². The average molecular weight is 482 g/mol. The summed E-state index contributed by atoms with van der Waals surface area (Å²) in [4.78, 5) is 9.25. The fourth-order valence-corrected chi connectivity index (χ4v) is 5.06. The Balaban J connectivity index is 1.55. The molecule has 0 amide bonds. The van der Waals surface area contributed by atoms with Gasteiger partial charge in [0.1, 0.15) is 23.7 Å². The topological polar surface area (TPSA) is 79.0 Å². The first kappa shape index (κ1) is 22.5. The maximum Gasteiger partial charge on any atom is 0.169 e. The molecule has 1 aromatic heterocycles. The Morgan fingerprint density at radius 3 is 2.72 bits per heavy atom. The van der Waals surface area contributed by atoms with E-state index in [4.69, 9.17) is 24.9 Å². The predicted octanol–water partition coefficient (Wildman–Crippen LogP) is 4.80. The standard InChI is InChI=1S/C29H24FN3O3/c1-2-3-18-10-22(15-32-14-18)20-4-5-26-23(11-20)29(17-35-16-27(31)33-29)24-12-21(13-25(30)28(24)36-26)19-6-8-34-9-7-19/h4-6,10-15H,7-9,16-17H2,1H3,(H2,31,33)/t29-/m0/s1. The Hall–Kier alpha value is -3.99. The molecule has 180 valence electrons. The molecule has 1 atom stereocenters. The molecule has 2 N–H and O–H groups in total. The van der Waals surface area contributed by atoms with Gasteiger partial charge in [0.05, 0.1) is 19.8 Å². The number of amidine groups is 1. The highest BCUT2D eigenvalue weighted by molar-refractivity contribution is 5.84. The highest BCUT2D eigenvalue weighted by Gasteiger charge is 2.46. The molecule has 0 saturated heterocycles. The zero-order valence-corrected chi connectivity index (χ0v) is 19.8. The maximum absolute atomic E-state index is 15.6. The molecular formula is C29H24FN3O3. The van der Waals surface area contributed by atoms with E-state index in [1.807, 2.05) is 36.4 Å². The number of aromatic nitrogens is 1. The van der Waals surface area contributed by atoms with Crippen LogP contribution in [0.2, 0.25) is 0 Å². The smallest absolute Gasteiger partial charge is 0.169 e. The molecule has 3 aliphatic heterocycles. The second-order valence-electron chi connectivity index (χ2n) is 9.00. The van der Waals surface area contributed by atoms with Gasteiger partial charge in [0.25, 0.3) is 0 Å². The molecule has 36 heavy (non-hydrogen) atoms. The predicted molar refractivity (Wildman–Crippen MR) is 135 cm³/mol. The fourth-order valence-electron chi connectivity index (χ4n) is 5.06. The zero-order chi connectivity index (χ0) is 24.7. The number of nitrogens with two attached hydrogens (primary N) is 1. The van der Waals surface area contributed by atoms with E-state index in [0.29, 0.717) is 36.8 Å². The van der Waals surface area contributed by atoms with Crippen LogP contribution in [0.15, 0.2) is 59.9 Å². The summed E-state index contributed by atoms with van der Waals surface area (Å²) in [7, 11) is 0. The summed E-state index contributed by atoms with van der Waals surface area (Å²) >= 11 is 0. The van der Waals surface area contributed by atoms with E-state index in [0.717, 1.165) is 33.4 Å². The third kappa shape index (κ3) is 3.76. The number of fused-ring (bicyclic) bond motifs is 4. The minimum Gasteiger partial charge on any atom is -0.453 e. The quantitative estimate of drug-likeness (QED) is 0.532. The van der Waals surface area contributed by atoms with Gasteiger partial charge in [-0.15, -0.1) is 5.92 Å². The summed E-state index contributed by atoms with van der Waals surface area (Å²) in [6, 6.07) is 11.2. The molecule has 0 fully saturated rings. The Labute approximate surface area is 208 Å². The zero-order valence-electron chi connectivity index (χ0n) is 19.8. The molecule has 6 nitrogen and oxygen atoms in total. The molecule has 0 bridgehead atoms. The minimum atomic E-state index is -1.04. The third-order valence-corrected chi connectivity index (χ3v) is 6.70. The summed E-state index contributed by atoms with van der Waals surface area (Å²) in [6.45, 7) is 3.33. The monoisotopic (exact) mass is 481 g/mol. The van der Waals surface area contributed by atoms with Crippen LogP contribution in [0.3, 0.4) is 0 Å². The van der Waals surface area contributed by atoms with Gasteiger partial charge in [-0.05, 0) is 60.4 Å². The number of nitrogens with zero attached hydrogens (tertiary/aromatic N) is 2. The van der Waals surface area contributed by atoms with Gasteiger partial charge in [-0.2, -0.15) is 0 Å². The van der Waals surface area contributed by atoms with Gasteiger partial charge in [0.2, 0.25) is 0 Å². The lowest BCUT2D eigenvalue weighted by Gasteiger charge is -2.40. The van der Waals surface area contributed by atoms with Gasteiger partial charge >= 0.3 is 0 Å². The molecule has 0 radical (unpaired) electrons. The molecule has 3 aliphatic rings. The first-order chi connectivity index (χ1) is 17.6. The van der Waals surface area contributed by atoms with Gasteiger partial charge in [-0.3, -0.25) is 9.98 Å². The number of rotatable bonds is 2. The van der Waals surface area contributed by atoms with Crippen molar-refractivity contribution in [3.63, 3.8) is 0 Å². The Morgan fingerprint density at radius 1 is 1.03 bits per heavy atom. The van der Waals surface area contributed by atoms with Crippen LogP contribution in [-0.2, 0) is 15.0 Å². The first-order valence-electron chi connectivity index (χ1n) is 11.8. The number of hydrogen-bond acceptors (Lipinski definition) is 6. The second kappa shape index (κ2) is 8.90. The van der Waals surface area contributed by atoms with E-state index >= 15 is 4.39 Å². The highest BCUT2D eigenvalue weighted by atomic mass is 19.1. The fraction of sp³-hybridized carbons (Fsp3) is 0.241. The van der Waals surface area contributed by atoms with Crippen LogP contribution in [0.4, 0.5) is 4.39 Å². The summed E-state index contributed by atoms with van der Waals surface area (Å²) in [5, 5.41) is 0. The van der Waals surface area contributed by atoms with E-state index in [1.54, 1.807) is 19.3 Å². The number of benzene rings is 2. The van der Waals surface area contributed by atoms with Crippen molar-refractivity contribution in [1.29, 1.82) is 0 Å². The lowest BCUT2D eigenvalue weighted by atomic mass is 9.78. The molecule has 3 aromatic rings. The SMILES string of the molecule is CC#Cc1cncc(-c2ccc3c(c2)[C@@]2(COCC(N)=N2)c2cc(C4=CCOCC4)cc(F)c2O3)c1. The van der Waals surface area contributed by atoms with Crippen LogP contribution in [0.1, 0.15) is 35.6 Å². The molecule has 0 aliphatic carbocycles. The highest BCUT2D eigenvalue weighted by Crippen LogP contribution is 2.52. The molecule has 4 heterocycles. The van der Waals surface area contributed by atoms with Crippen molar-refractivity contribution in [3.8, 4) is 34.5 Å². The first-order valence-corrected chi connectivity index (χ1v) is 11.8. The van der Waals surface area contributed by atoms with Crippen molar-refractivity contribution in [2.75, 3.05) is 26.4 Å². The van der Waals surface area contributed by atoms with Gasteiger partial charge in [0, 0.05) is 34.6 Å². The third-order valence-electron chi connectivity index (χ3n) is 6.70. The summed E-state index contributed by atoms with van der Waals surface area (Å²) in [5.74, 6) is 6.52. The minimum absolute atomic E-state index is 0.149. The largest absolute Gasteiger partial charge is 0.453 e. The van der Waals surface area contributed by atoms with Gasteiger partial charge in [0.15, 0.2) is 11.6 Å². The van der Waals surface area contributed by atoms with Crippen LogP contribution in [-0.4, -0.2) is 37.2 Å². The van der Waals surface area contributed by atoms with E-state index in [2.05, 4.69) is 16.8 Å². The second-order valence-corrected chi connectivity index (χ2v) is 9.00. The van der Waals surface area contributed by atoms with Crippen LogP contribution in [0.25, 0.3) is 16.7 Å². The molecule has 7 heteroatoms. The van der Waals surface area contributed by atoms with E-state index < -0.39 is 11.4 Å². The number of pyridine rings is 1. The van der Waals surface area contributed by atoms with Gasteiger partial charge < -0.3 is 19.9 Å². The Morgan fingerprint density at radius 2 is 1.92 bits per heavy atom. The van der Waals surface area contributed by atoms with Crippen LogP contribution in [0.5, 0.6) is 11.5 Å². The summed E-state index contributed by atoms with van der Waals surface area (Å²) in [5.41, 5.74) is 11.0. The van der Waals surface area contributed by atoms with E-state index in [1.165, 1.54) is 6.07 Å². The molecule has 0 unspecified atom stereocenters. The summed E-state index contributed by atoms with van der Waals surface area (Å²) in [6.07, 6.45) is 6.21. The van der Waals surface area contributed by atoms with Crippen molar-refractivity contribution in [3.05, 3.63) is 82.9 Å². The molecular weight excluding hydrogens is 457 g/mol. The van der Waals surface area contributed by atoms with Crippen molar-refractivity contribution in [2.24, 2.45) is 10.7 Å². The normalized spacial score (nSPS) is 20.3. The Kier molecular flexibility index (Phi) is 5.56.